The molecule has 1 fully saturated rings. The number of ether oxygens (including phenoxy) is 1. The molecule has 1 aromatic rings. The summed E-state index contributed by atoms with van der Waals surface area (Å²) in [5, 5.41) is 2.90. The summed E-state index contributed by atoms with van der Waals surface area (Å²) in [5.41, 5.74) is -0.625. The van der Waals surface area contributed by atoms with Crippen LogP contribution in [0.1, 0.15) is 25.8 Å². The third kappa shape index (κ3) is 3.21. The molecule has 1 N–H and O–H groups in total. The van der Waals surface area contributed by atoms with Gasteiger partial charge in [0.05, 0.1) is 12.5 Å². The van der Waals surface area contributed by atoms with Crippen molar-refractivity contribution in [2.24, 2.45) is 0 Å². The minimum atomic E-state index is -0.982. The molecule has 1 aromatic carbocycles. The molecule has 1 saturated heterocycles. The smallest absolute Gasteiger partial charge is 0.409 e. The monoisotopic (exact) mass is 308 g/mol. The van der Waals surface area contributed by atoms with Gasteiger partial charge in [-0.05, 0) is 26.3 Å². The van der Waals surface area contributed by atoms with Gasteiger partial charge in [-0.3, -0.25) is 4.79 Å². The Bertz CT molecular complexity index is 574. The first-order chi connectivity index (χ1) is 10.4. The van der Waals surface area contributed by atoms with E-state index in [1.807, 2.05) is 0 Å². The van der Waals surface area contributed by atoms with Gasteiger partial charge in [-0.2, -0.15) is 0 Å². The highest BCUT2D eigenvalue weighted by atomic mass is 19.1. The van der Waals surface area contributed by atoms with Crippen molar-refractivity contribution in [2.75, 3.05) is 20.2 Å². The molecule has 0 aromatic heterocycles. The van der Waals surface area contributed by atoms with Crippen LogP contribution in [0, 0.1) is 5.82 Å². The first-order valence-corrected chi connectivity index (χ1v) is 7.25. The molecule has 0 radical (unpaired) electrons. The van der Waals surface area contributed by atoms with Crippen molar-refractivity contribution in [3.05, 3.63) is 35.6 Å². The molecule has 0 aliphatic carbocycles. The Hall–Kier alpha value is -2.11. The zero-order chi connectivity index (χ0) is 16.3. The minimum absolute atomic E-state index is 0.141. The molecule has 0 spiro atoms. The second-order valence-electron chi connectivity index (χ2n) is 5.98. The number of nitrogens with zero attached hydrogens (tertiary/aromatic N) is 1. The lowest BCUT2D eigenvalue weighted by atomic mass is 9.83. The fourth-order valence-corrected chi connectivity index (χ4v) is 2.63. The molecule has 0 saturated carbocycles. The predicted molar refractivity (Wildman–Crippen MR) is 80.0 cm³/mol. The van der Waals surface area contributed by atoms with E-state index in [4.69, 9.17) is 0 Å². The number of carbonyl (C=O) groups is 2. The Morgan fingerprint density at radius 3 is 2.68 bits per heavy atom. The fraction of sp³-hybridized carbons (Fsp3) is 0.500. The van der Waals surface area contributed by atoms with E-state index in [0.717, 1.165) is 0 Å². The zero-order valence-electron chi connectivity index (χ0n) is 13.1. The third-order valence-corrected chi connectivity index (χ3v) is 4.07. The first-order valence-electron chi connectivity index (χ1n) is 7.25. The van der Waals surface area contributed by atoms with Gasteiger partial charge in [0.25, 0.3) is 0 Å². The Labute approximate surface area is 129 Å². The minimum Gasteiger partial charge on any atom is -0.453 e. The Morgan fingerprint density at radius 2 is 2.05 bits per heavy atom. The number of nitrogens with one attached hydrogen (secondary N) is 1. The fourth-order valence-electron chi connectivity index (χ4n) is 2.63. The van der Waals surface area contributed by atoms with Crippen LogP contribution in [0.5, 0.6) is 0 Å². The van der Waals surface area contributed by atoms with Gasteiger partial charge in [0.2, 0.25) is 5.91 Å². The highest BCUT2D eigenvalue weighted by Crippen LogP contribution is 2.26. The van der Waals surface area contributed by atoms with Crippen molar-refractivity contribution in [3.8, 4) is 0 Å². The van der Waals surface area contributed by atoms with Gasteiger partial charge >= 0.3 is 6.09 Å². The molecule has 1 aliphatic heterocycles. The zero-order valence-corrected chi connectivity index (χ0v) is 13.1. The Balaban J connectivity index is 2.03. The largest absolute Gasteiger partial charge is 0.453 e. The average Bonchev–Trinajstić information content (AvgIpc) is 2.95. The maximum atomic E-state index is 13.9. The SMILES string of the molecule is COC(=O)N1CC[C@H](NC(=O)C(C)(C)c2ccccc2F)C1. The van der Waals surface area contributed by atoms with E-state index < -0.39 is 17.3 Å². The maximum Gasteiger partial charge on any atom is 0.409 e. The number of benzene rings is 1. The van der Waals surface area contributed by atoms with E-state index in [-0.39, 0.29) is 11.9 Å². The van der Waals surface area contributed by atoms with Crippen LogP contribution in [0.25, 0.3) is 0 Å². The van der Waals surface area contributed by atoms with Crippen LogP contribution >= 0.6 is 0 Å². The summed E-state index contributed by atoms with van der Waals surface area (Å²) in [6.45, 7) is 4.32. The molecule has 1 aliphatic rings. The van der Waals surface area contributed by atoms with Gasteiger partial charge in [-0.25, -0.2) is 9.18 Å². The predicted octanol–water partition coefficient (Wildman–Crippen LogP) is 2.06. The molecule has 2 rings (SSSR count). The van der Waals surface area contributed by atoms with E-state index in [1.54, 1.807) is 36.9 Å². The van der Waals surface area contributed by atoms with E-state index >= 15 is 0 Å². The molecule has 1 atom stereocenters. The summed E-state index contributed by atoms with van der Waals surface area (Å²) < 4.78 is 18.6. The van der Waals surface area contributed by atoms with Crippen LogP contribution in [0.2, 0.25) is 0 Å². The summed E-state index contributed by atoms with van der Waals surface area (Å²) in [4.78, 5) is 25.5. The van der Waals surface area contributed by atoms with Crippen molar-refractivity contribution < 1.29 is 18.7 Å². The van der Waals surface area contributed by atoms with Crippen molar-refractivity contribution in [2.45, 2.75) is 31.7 Å². The van der Waals surface area contributed by atoms with E-state index in [0.29, 0.717) is 25.1 Å². The summed E-state index contributed by atoms with van der Waals surface area (Å²) in [5.74, 6) is -0.653. The third-order valence-electron chi connectivity index (χ3n) is 4.07. The molecule has 1 heterocycles. The van der Waals surface area contributed by atoms with Gasteiger partial charge in [0.15, 0.2) is 0 Å². The van der Waals surface area contributed by atoms with Gasteiger partial charge < -0.3 is 15.0 Å². The lowest BCUT2D eigenvalue weighted by Gasteiger charge is -2.26. The molecule has 2 amide bonds. The summed E-state index contributed by atoms with van der Waals surface area (Å²) in [6.07, 6.45) is 0.263. The van der Waals surface area contributed by atoms with Crippen molar-refractivity contribution >= 4 is 12.0 Å². The standard InChI is InChI=1S/C16H21FN2O3/c1-16(2,12-6-4-5-7-13(12)17)14(20)18-11-8-9-19(10-11)15(21)22-3/h4-7,11H,8-10H2,1-3H3,(H,18,20)/t11-/m0/s1. The highest BCUT2D eigenvalue weighted by Gasteiger charge is 2.35. The van der Waals surface area contributed by atoms with Crippen LogP contribution in [0.4, 0.5) is 9.18 Å². The quantitative estimate of drug-likeness (QED) is 0.930. The number of hydrogen-bond acceptors (Lipinski definition) is 3. The van der Waals surface area contributed by atoms with E-state index in [1.165, 1.54) is 13.2 Å². The molecule has 5 nitrogen and oxygen atoms in total. The van der Waals surface area contributed by atoms with Gasteiger partial charge in [-0.1, -0.05) is 18.2 Å². The van der Waals surface area contributed by atoms with Gasteiger partial charge in [-0.15, -0.1) is 0 Å². The second kappa shape index (κ2) is 6.34. The number of hydrogen-bond donors (Lipinski definition) is 1. The van der Waals surface area contributed by atoms with Gasteiger partial charge in [0, 0.05) is 24.7 Å². The van der Waals surface area contributed by atoms with E-state index in [9.17, 15) is 14.0 Å². The topological polar surface area (TPSA) is 58.6 Å². The number of carbonyl (C=O) groups excluding carboxylic acids is 2. The average molecular weight is 308 g/mol. The Kier molecular flexibility index (Phi) is 4.68. The van der Waals surface area contributed by atoms with E-state index in [2.05, 4.69) is 10.1 Å². The van der Waals surface area contributed by atoms with Gasteiger partial charge in [0.1, 0.15) is 5.82 Å². The van der Waals surface area contributed by atoms with Crippen molar-refractivity contribution in [3.63, 3.8) is 0 Å². The lowest BCUT2D eigenvalue weighted by Crippen LogP contribution is -2.46. The molecule has 6 heteroatoms. The van der Waals surface area contributed by atoms with Crippen LogP contribution in [-0.4, -0.2) is 43.1 Å². The summed E-state index contributed by atoms with van der Waals surface area (Å²) in [7, 11) is 1.33. The lowest BCUT2D eigenvalue weighted by molar-refractivity contribution is -0.126. The summed E-state index contributed by atoms with van der Waals surface area (Å²) in [6, 6.07) is 6.13. The van der Waals surface area contributed by atoms with Crippen LogP contribution in [0.3, 0.4) is 0 Å². The first kappa shape index (κ1) is 16.3. The number of rotatable bonds is 3. The van der Waals surface area contributed by atoms with Crippen LogP contribution < -0.4 is 5.32 Å². The molecule has 0 bridgehead atoms. The molecule has 0 unspecified atom stereocenters. The Morgan fingerprint density at radius 1 is 1.36 bits per heavy atom. The molecule has 120 valence electrons. The second-order valence-corrected chi connectivity index (χ2v) is 5.98. The normalized spacial score (nSPS) is 18.2. The maximum absolute atomic E-state index is 13.9. The molecule has 22 heavy (non-hydrogen) atoms. The van der Waals surface area contributed by atoms with Crippen LogP contribution in [-0.2, 0) is 14.9 Å². The van der Waals surface area contributed by atoms with Crippen LogP contribution in [0.15, 0.2) is 24.3 Å². The highest BCUT2D eigenvalue weighted by molar-refractivity contribution is 5.87. The number of methoxy groups -OCH3 is 1. The molecular formula is C16H21FN2O3. The number of likely N-dealkylation sites (tertiary alicyclic amines) is 1. The molecular weight excluding hydrogens is 287 g/mol. The number of amides is 2. The summed E-state index contributed by atoms with van der Waals surface area (Å²) >= 11 is 0. The van der Waals surface area contributed by atoms with Crippen molar-refractivity contribution in [1.82, 2.24) is 10.2 Å². The van der Waals surface area contributed by atoms with Crippen molar-refractivity contribution in [1.29, 1.82) is 0 Å². The number of halogens is 1.